The van der Waals surface area contributed by atoms with Crippen molar-refractivity contribution in [3.8, 4) is 5.75 Å². The molecule has 2 aromatic carbocycles. The Balaban J connectivity index is 1.91. The molecule has 2 rings (SSSR count). The van der Waals surface area contributed by atoms with E-state index in [4.69, 9.17) is 10.5 Å². The third kappa shape index (κ3) is 4.10. The zero-order valence-corrected chi connectivity index (χ0v) is 12.3. The molecule has 0 aliphatic heterocycles. The molecule has 0 spiro atoms. The average Bonchev–Trinajstić information content (AvgIpc) is 2.43. The lowest BCUT2D eigenvalue weighted by Crippen LogP contribution is -2.15. The van der Waals surface area contributed by atoms with Gasteiger partial charge in [-0.15, -0.1) is 0 Å². The molecule has 0 saturated heterocycles. The number of nitrogens with two attached hydrogens (primary N) is 1. The molecule has 0 amide bonds. The summed E-state index contributed by atoms with van der Waals surface area (Å²) < 4.78 is 5.87. The number of rotatable bonds is 6. The van der Waals surface area contributed by atoms with E-state index in [-0.39, 0.29) is 0 Å². The maximum absolute atomic E-state index is 5.88. The van der Waals surface area contributed by atoms with Crippen molar-refractivity contribution in [2.45, 2.75) is 26.2 Å². The number of hydrogen-bond acceptors (Lipinski definition) is 2. The van der Waals surface area contributed by atoms with E-state index in [0.29, 0.717) is 19.1 Å². The molecule has 0 aliphatic carbocycles. The maximum atomic E-state index is 5.88. The van der Waals surface area contributed by atoms with E-state index in [0.717, 1.165) is 12.2 Å². The quantitative estimate of drug-likeness (QED) is 0.865. The molecule has 2 aromatic rings. The van der Waals surface area contributed by atoms with Gasteiger partial charge in [0.25, 0.3) is 0 Å². The highest BCUT2D eigenvalue weighted by molar-refractivity contribution is 5.33. The molecule has 0 aliphatic rings. The Morgan fingerprint density at radius 3 is 2.25 bits per heavy atom. The van der Waals surface area contributed by atoms with E-state index in [1.807, 2.05) is 6.07 Å². The van der Waals surface area contributed by atoms with Crippen LogP contribution in [-0.2, 0) is 0 Å². The Bertz CT molecular complexity index is 516. The van der Waals surface area contributed by atoms with Crippen molar-refractivity contribution < 1.29 is 4.74 Å². The standard InChI is InChI=1S/C18H23NO/c1-14-10-15(2)12-18(11-14)20-9-8-17(13-19)16-6-4-3-5-7-16/h3-7,10-12,17H,8-9,13,19H2,1-2H3. The Morgan fingerprint density at radius 1 is 1.00 bits per heavy atom. The minimum absolute atomic E-state index is 0.363. The van der Waals surface area contributed by atoms with E-state index in [1.165, 1.54) is 16.7 Å². The van der Waals surface area contributed by atoms with Crippen molar-refractivity contribution in [1.82, 2.24) is 0 Å². The monoisotopic (exact) mass is 269 g/mol. The molecule has 0 fully saturated rings. The summed E-state index contributed by atoms with van der Waals surface area (Å²) in [6.45, 7) is 5.53. The summed E-state index contributed by atoms with van der Waals surface area (Å²) in [5.74, 6) is 1.31. The highest BCUT2D eigenvalue weighted by atomic mass is 16.5. The Kier molecular flexibility index (Phi) is 5.19. The van der Waals surface area contributed by atoms with Gasteiger partial charge in [-0.25, -0.2) is 0 Å². The van der Waals surface area contributed by atoms with Gasteiger partial charge in [-0.2, -0.15) is 0 Å². The Labute approximate surface area is 121 Å². The molecule has 0 aromatic heterocycles. The maximum Gasteiger partial charge on any atom is 0.119 e. The number of ether oxygens (including phenoxy) is 1. The first-order valence-electron chi connectivity index (χ1n) is 7.15. The smallest absolute Gasteiger partial charge is 0.119 e. The van der Waals surface area contributed by atoms with Crippen LogP contribution in [0.1, 0.15) is 29.0 Å². The van der Waals surface area contributed by atoms with Crippen LogP contribution in [0.25, 0.3) is 0 Å². The van der Waals surface area contributed by atoms with Gasteiger partial charge >= 0.3 is 0 Å². The predicted octanol–water partition coefficient (Wildman–Crippen LogP) is 3.81. The lowest BCUT2D eigenvalue weighted by Gasteiger charge is -2.16. The number of benzene rings is 2. The van der Waals surface area contributed by atoms with Crippen LogP contribution in [0.3, 0.4) is 0 Å². The van der Waals surface area contributed by atoms with Crippen LogP contribution in [0.4, 0.5) is 0 Å². The largest absolute Gasteiger partial charge is 0.494 e. The SMILES string of the molecule is Cc1cc(C)cc(OCCC(CN)c2ccccc2)c1. The van der Waals surface area contributed by atoms with Crippen LogP contribution >= 0.6 is 0 Å². The van der Waals surface area contributed by atoms with Crippen molar-refractivity contribution in [2.75, 3.05) is 13.2 Å². The highest BCUT2D eigenvalue weighted by Crippen LogP contribution is 2.20. The van der Waals surface area contributed by atoms with Gasteiger partial charge in [0.15, 0.2) is 0 Å². The van der Waals surface area contributed by atoms with Gasteiger partial charge < -0.3 is 10.5 Å². The topological polar surface area (TPSA) is 35.2 Å². The molecule has 1 unspecified atom stereocenters. The lowest BCUT2D eigenvalue weighted by atomic mass is 9.96. The average molecular weight is 269 g/mol. The van der Waals surface area contributed by atoms with Crippen molar-refractivity contribution >= 4 is 0 Å². The predicted molar refractivity (Wildman–Crippen MR) is 84.3 cm³/mol. The molecule has 2 nitrogen and oxygen atoms in total. The fraction of sp³-hybridized carbons (Fsp3) is 0.333. The van der Waals surface area contributed by atoms with E-state index in [2.05, 4.69) is 56.3 Å². The fourth-order valence-corrected chi connectivity index (χ4v) is 2.48. The van der Waals surface area contributed by atoms with Gasteiger partial charge in [0.05, 0.1) is 6.61 Å². The summed E-state index contributed by atoms with van der Waals surface area (Å²) in [6, 6.07) is 16.7. The summed E-state index contributed by atoms with van der Waals surface area (Å²) in [6.07, 6.45) is 0.938. The molecule has 0 bridgehead atoms. The fourth-order valence-electron chi connectivity index (χ4n) is 2.48. The molecule has 0 saturated carbocycles. The minimum Gasteiger partial charge on any atom is -0.494 e. The summed E-state index contributed by atoms with van der Waals surface area (Å²) in [7, 11) is 0. The van der Waals surface area contributed by atoms with E-state index < -0.39 is 0 Å². The highest BCUT2D eigenvalue weighted by Gasteiger charge is 2.09. The van der Waals surface area contributed by atoms with Gasteiger partial charge in [-0.3, -0.25) is 0 Å². The van der Waals surface area contributed by atoms with Gasteiger partial charge in [-0.05, 0) is 61.6 Å². The minimum atomic E-state index is 0.363. The third-order valence-corrected chi connectivity index (χ3v) is 3.49. The van der Waals surface area contributed by atoms with Crippen molar-refractivity contribution in [3.63, 3.8) is 0 Å². The van der Waals surface area contributed by atoms with E-state index in [1.54, 1.807) is 0 Å². The van der Waals surface area contributed by atoms with Crippen molar-refractivity contribution in [2.24, 2.45) is 5.73 Å². The van der Waals surface area contributed by atoms with Crippen LogP contribution in [0.15, 0.2) is 48.5 Å². The number of hydrogen-bond donors (Lipinski definition) is 1. The first-order chi connectivity index (χ1) is 9.69. The van der Waals surface area contributed by atoms with Crippen LogP contribution < -0.4 is 10.5 Å². The Hall–Kier alpha value is -1.80. The summed E-state index contributed by atoms with van der Waals surface area (Å²) in [4.78, 5) is 0. The molecular formula is C18H23NO. The zero-order valence-electron chi connectivity index (χ0n) is 12.3. The number of aryl methyl sites for hydroxylation is 2. The van der Waals surface area contributed by atoms with Crippen molar-refractivity contribution in [3.05, 3.63) is 65.2 Å². The zero-order chi connectivity index (χ0) is 14.4. The van der Waals surface area contributed by atoms with Gasteiger partial charge in [0.2, 0.25) is 0 Å². The molecule has 20 heavy (non-hydrogen) atoms. The molecule has 2 heteroatoms. The van der Waals surface area contributed by atoms with Gasteiger partial charge in [-0.1, -0.05) is 36.4 Å². The first-order valence-corrected chi connectivity index (χ1v) is 7.15. The summed E-state index contributed by atoms with van der Waals surface area (Å²) in [5.41, 5.74) is 9.64. The third-order valence-electron chi connectivity index (χ3n) is 3.49. The van der Waals surface area contributed by atoms with Crippen LogP contribution in [0.2, 0.25) is 0 Å². The Morgan fingerprint density at radius 2 is 1.65 bits per heavy atom. The molecule has 0 heterocycles. The van der Waals surface area contributed by atoms with E-state index in [9.17, 15) is 0 Å². The van der Waals surface area contributed by atoms with Crippen LogP contribution in [0, 0.1) is 13.8 Å². The molecular weight excluding hydrogens is 246 g/mol. The summed E-state index contributed by atoms with van der Waals surface area (Å²) in [5, 5.41) is 0. The molecule has 1 atom stereocenters. The van der Waals surface area contributed by atoms with E-state index >= 15 is 0 Å². The lowest BCUT2D eigenvalue weighted by molar-refractivity contribution is 0.298. The second kappa shape index (κ2) is 7.11. The van der Waals surface area contributed by atoms with Gasteiger partial charge in [0, 0.05) is 0 Å². The van der Waals surface area contributed by atoms with Crippen LogP contribution in [-0.4, -0.2) is 13.2 Å². The van der Waals surface area contributed by atoms with Gasteiger partial charge in [0.1, 0.15) is 5.75 Å². The van der Waals surface area contributed by atoms with Crippen LogP contribution in [0.5, 0.6) is 5.75 Å². The first kappa shape index (κ1) is 14.6. The second-order valence-corrected chi connectivity index (χ2v) is 5.30. The second-order valence-electron chi connectivity index (χ2n) is 5.30. The molecule has 2 N–H and O–H groups in total. The molecule has 0 radical (unpaired) electrons. The molecule has 106 valence electrons. The summed E-state index contributed by atoms with van der Waals surface area (Å²) >= 11 is 0. The van der Waals surface area contributed by atoms with Crippen molar-refractivity contribution in [1.29, 1.82) is 0 Å². The normalized spacial score (nSPS) is 12.2.